The summed E-state index contributed by atoms with van der Waals surface area (Å²) in [6, 6.07) is 11.5. The highest BCUT2D eigenvalue weighted by Gasteiger charge is 2.07. The molecule has 0 radical (unpaired) electrons. The van der Waals surface area contributed by atoms with Crippen molar-refractivity contribution in [2.75, 3.05) is 19.5 Å². The number of guanidine groups is 1. The van der Waals surface area contributed by atoms with Gasteiger partial charge in [-0.3, -0.25) is 0 Å². The Labute approximate surface area is 155 Å². The second-order valence-electron chi connectivity index (χ2n) is 6.17. The van der Waals surface area contributed by atoms with E-state index in [0.29, 0.717) is 24.0 Å². The number of nitrogens with two attached hydrogens (primary N) is 1. The molecule has 0 atom stereocenters. The maximum absolute atomic E-state index is 6.02. The van der Waals surface area contributed by atoms with Crippen LogP contribution in [0.5, 0.6) is 17.2 Å². The van der Waals surface area contributed by atoms with Crippen LogP contribution in [0.4, 0.5) is 5.69 Å². The van der Waals surface area contributed by atoms with Crippen molar-refractivity contribution >= 4 is 11.6 Å². The van der Waals surface area contributed by atoms with Crippen molar-refractivity contribution in [1.29, 1.82) is 0 Å². The molecule has 6 nitrogen and oxygen atoms in total. The summed E-state index contributed by atoms with van der Waals surface area (Å²) in [5, 5.41) is 3.06. The maximum atomic E-state index is 6.02. The number of nitrogens with zero attached hydrogens (tertiary/aromatic N) is 1. The molecule has 2 aromatic rings. The number of aryl methyl sites for hydroxylation is 1. The Morgan fingerprint density at radius 1 is 1.04 bits per heavy atom. The van der Waals surface area contributed by atoms with Crippen LogP contribution in [-0.2, 0) is 6.54 Å². The zero-order valence-corrected chi connectivity index (χ0v) is 16.0. The van der Waals surface area contributed by atoms with Crippen LogP contribution in [0, 0.1) is 6.92 Å². The standard InChI is InChI=1S/C20H27N3O3/c1-13(2)26-18-10-14(3)6-7-15(18)12-22-20(21)23-16-8-9-17(24-4)19(11-16)25-5/h6-11,13H,12H2,1-5H3,(H3,21,22,23). The van der Waals surface area contributed by atoms with Gasteiger partial charge in [0.05, 0.1) is 26.9 Å². The smallest absolute Gasteiger partial charge is 0.193 e. The number of benzene rings is 2. The Kier molecular flexibility index (Phi) is 6.72. The Morgan fingerprint density at radius 3 is 2.42 bits per heavy atom. The SMILES string of the molecule is COc1ccc(NC(N)=NCc2ccc(C)cc2OC(C)C)cc1OC. The van der Waals surface area contributed by atoms with E-state index >= 15 is 0 Å². The number of hydrogen-bond acceptors (Lipinski definition) is 4. The molecular weight excluding hydrogens is 330 g/mol. The van der Waals surface area contributed by atoms with Gasteiger partial charge >= 0.3 is 0 Å². The van der Waals surface area contributed by atoms with E-state index in [2.05, 4.69) is 10.3 Å². The first-order valence-corrected chi connectivity index (χ1v) is 8.48. The number of aliphatic imine (C=N–C) groups is 1. The van der Waals surface area contributed by atoms with Crippen LogP contribution in [0.1, 0.15) is 25.0 Å². The lowest BCUT2D eigenvalue weighted by Crippen LogP contribution is -2.22. The minimum atomic E-state index is 0.0989. The highest BCUT2D eigenvalue weighted by atomic mass is 16.5. The van der Waals surface area contributed by atoms with Crippen molar-refractivity contribution in [2.45, 2.75) is 33.4 Å². The third-order valence-corrected chi connectivity index (χ3v) is 3.66. The van der Waals surface area contributed by atoms with Crippen LogP contribution in [0.2, 0.25) is 0 Å². The van der Waals surface area contributed by atoms with Gasteiger partial charge in [0, 0.05) is 17.3 Å². The van der Waals surface area contributed by atoms with Crippen LogP contribution in [-0.4, -0.2) is 26.3 Å². The zero-order valence-electron chi connectivity index (χ0n) is 16.0. The van der Waals surface area contributed by atoms with Crippen molar-refractivity contribution in [1.82, 2.24) is 0 Å². The van der Waals surface area contributed by atoms with Crippen molar-refractivity contribution in [3.63, 3.8) is 0 Å². The van der Waals surface area contributed by atoms with Crippen molar-refractivity contribution < 1.29 is 14.2 Å². The van der Waals surface area contributed by atoms with Crippen LogP contribution < -0.4 is 25.3 Å². The van der Waals surface area contributed by atoms with Gasteiger partial charge < -0.3 is 25.3 Å². The topological polar surface area (TPSA) is 78.1 Å². The van der Waals surface area contributed by atoms with E-state index in [0.717, 1.165) is 22.6 Å². The van der Waals surface area contributed by atoms with Crippen LogP contribution >= 0.6 is 0 Å². The lowest BCUT2D eigenvalue weighted by Gasteiger charge is -2.14. The number of anilines is 1. The zero-order chi connectivity index (χ0) is 19.1. The van der Waals surface area contributed by atoms with Crippen LogP contribution in [0.3, 0.4) is 0 Å². The lowest BCUT2D eigenvalue weighted by molar-refractivity contribution is 0.240. The molecular formula is C20H27N3O3. The van der Waals surface area contributed by atoms with Crippen LogP contribution in [0.15, 0.2) is 41.4 Å². The molecule has 26 heavy (non-hydrogen) atoms. The number of ether oxygens (including phenoxy) is 3. The molecule has 6 heteroatoms. The molecule has 0 amide bonds. The first-order valence-electron chi connectivity index (χ1n) is 8.48. The first-order chi connectivity index (χ1) is 12.4. The highest BCUT2D eigenvalue weighted by molar-refractivity contribution is 5.92. The van der Waals surface area contributed by atoms with E-state index in [1.54, 1.807) is 20.3 Å². The van der Waals surface area contributed by atoms with Gasteiger partial charge in [0.15, 0.2) is 17.5 Å². The van der Waals surface area contributed by atoms with E-state index in [1.807, 2.05) is 51.1 Å². The molecule has 0 heterocycles. The highest BCUT2D eigenvalue weighted by Crippen LogP contribution is 2.29. The van der Waals surface area contributed by atoms with Gasteiger partial charge in [-0.15, -0.1) is 0 Å². The summed E-state index contributed by atoms with van der Waals surface area (Å²) in [4.78, 5) is 4.42. The summed E-state index contributed by atoms with van der Waals surface area (Å²) in [6.07, 6.45) is 0.0989. The average molecular weight is 357 g/mol. The Bertz CT molecular complexity index is 773. The van der Waals surface area contributed by atoms with Crippen molar-refractivity contribution in [2.24, 2.45) is 10.7 Å². The summed E-state index contributed by atoms with van der Waals surface area (Å²) in [6.45, 7) is 6.46. The van der Waals surface area contributed by atoms with Gasteiger partial charge in [0.25, 0.3) is 0 Å². The van der Waals surface area contributed by atoms with Crippen molar-refractivity contribution in [3.8, 4) is 17.2 Å². The molecule has 0 bridgehead atoms. The average Bonchev–Trinajstić information content (AvgIpc) is 2.60. The molecule has 0 saturated heterocycles. The Balaban J connectivity index is 2.11. The predicted molar refractivity (Wildman–Crippen MR) is 105 cm³/mol. The molecule has 140 valence electrons. The van der Waals surface area contributed by atoms with Crippen molar-refractivity contribution in [3.05, 3.63) is 47.5 Å². The summed E-state index contributed by atoms with van der Waals surface area (Å²) < 4.78 is 16.4. The number of hydrogen-bond donors (Lipinski definition) is 2. The summed E-state index contributed by atoms with van der Waals surface area (Å²) in [7, 11) is 3.19. The van der Waals surface area contributed by atoms with Crippen LogP contribution in [0.25, 0.3) is 0 Å². The quantitative estimate of drug-likeness (QED) is 0.583. The largest absolute Gasteiger partial charge is 0.493 e. The molecule has 3 N–H and O–H groups in total. The molecule has 0 saturated carbocycles. The number of rotatable bonds is 7. The molecule has 0 aliphatic carbocycles. The molecule has 0 fully saturated rings. The summed E-state index contributed by atoms with van der Waals surface area (Å²) in [5.74, 6) is 2.43. The maximum Gasteiger partial charge on any atom is 0.193 e. The predicted octanol–water partition coefficient (Wildman–Crippen LogP) is 3.73. The lowest BCUT2D eigenvalue weighted by atomic mass is 10.1. The molecule has 2 aromatic carbocycles. The van der Waals surface area contributed by atoms with Gasteiger partial charge in [-0.1, -0.05) is 12.1 Å². The second-order valence-corrected chi connectivity index (χ2v) is 6.17. The first kappa shape index (κ1) is 19.4. The Hall–Kier alpha value is -2.89. The fraction of sp³-hybridized carbons (Fsp3) is 0.350. The second kappa shape index (κ2) is 8.99. The number of methoxy groups -OCH3 is 2. The molecule has 0 spiro atoms. The fourth-order valence-corrected chi connectivity index (χ4v) is 2.43. The van der Waals surface area contributed by atoms with E-state index in [1.165, 1.54) is 0 Å². The third kappa shape index (κ3) is 5.31. The molecule has 0 aromatic heterocycles. The van der Waals surface area contributed by atoms with Gasteiger partial charge in [0.1, 0.15) is 5.75 Å². The summed E-state index contributed by atoms with van der Waals surface area (Å²) in [5.41, 5.74) is 8.92. The van der Waals surface area contributed by atoms with Gasteiger partial charge in [0.2, 0.25) is 0 Å². The number of nitrogens with one attached hydrogen (secondary N) is 1. The molecule has 0 aliphatic heterocycles. The molecule has 0 aliphatic rings. The van der Waals surface area contributed by atoms with E-state index in [9.17, 15) is 0 Å². The minimum absolute atomic E-state index is 0.0989. The van der Waals surface area contributed by atoms with E-state index in [4.69, 9.17) is 19.9 Å². The minimum Gasteiger partial charge on any atom is -0.493 e. The van der Waals surface area contributed by atoms with Gasteiger partial charge in [-0.2, -0.15) is 0 Å². The monoisotopic (exact) mass is 357 g/mol. The normalized spacial score (nSPS) is 11.4. The molecule has 0 unspecified atom stereocenters. The van der Waals surface area contributed by atoms with Gasteiger partial charge in [-0.05, 0) is 44.5 Å². The van der Waals surface area contributed by atoms with E-state index in [-0.39, 0.29) is 6.10 Å². The summed E-state index contributed by atoms with van der Waals surface area (Å²) >= 11 is 0. The fourth-order valence-electron chi connectivity index (χ4n) is 2.43. The molecule has 2 rings (SSSR count). The van der Waals surface area contributed by atoms with Gasteiger partial charge in [-0.25, -0.2) is 4.99 Å². The Morgan fingerprint density at radius 2 is 1.77 bits per heavy atom. The van der Waals surface area contributed by atoms with E-state index < -0.39 is 0 Å². The third-order valence-electron chi connectivity index (χ3n) is 3.66.